The number of amides is 12. The first-order chi connectivity index (χ1) is 44.9. The third-order valence-electron chi connectivity index (χ3n) is 18.0. The zero-order valence-corrected chi connectivity index (χ0v) is 58.9. The van der Waals surface area contributed by atoms with E-state index in [4.69, 9.17) is 19.9 Å². The number of methoxy groups -OCH3 is 2. The van der Waals surface area contributed by atoms with Gasteiger partial charge in [0.2, 0.25) is 53.2 Å². The van der Waals surface area contributed by atoms with E-state index in [0.717, 1.165) is 0 Å². The van der Waals surface area contributed by atoms with Gasteiger partial charge in [0.15, 0.2) is 0 Å². The molecule has 0 radical (unpaired) electrons. The summed E-state index contributed by atoms with van der Waals surface area (Å²) in [6, 6.07) is 8.73. The van der Waals surface area contributed by atoms with Crippen LogP contribution in [0, 0.1) is 29.6 Å². The lowest BCUT2D eigenvalue weighted by Gasteiger charge is -2.41. The van der Waals surface area contributed by atoms with Gasteiger partial charge in [0.1, 0.15) is 30.8 Å². The Balaban J connectivity index is 1.37. The molecule has 12 amide bonds. The Labute approximate surface area is 566 Å². The quantitative estimate of drug-likeness (QED) is 0.0237. The highest BCUT2D eigenvalue weighted by molar-refractivity contribution is 7.81. The summed E-state index contributed by atoms with van der Waals surface area (Å²) in [5.41, 5.74) is 6.77. The molecule has 530 valence electrons. The van der Waals surface area contributed by atoms with Crippen molar-refractivity contribution in [2.75, 3.05) is 53.3 Å². The average molecular weight is 1350 g/mol. The first-order valence-electron chi connectivity index (χ1n) is 33.3. The molecule has 0 aromatic heterocycles. The topological polar surface area (TPSA) is 347 Å². The monoisotopic (exact) mass is 1350 g/mol. The summed E-state index contributed by atoms with van der Waals surface area (Å²) in [6.07, 6.45) is 0.559. The van der Waals surface area contributed by atoms with E-state index < -0.39 is 125 Å². The van der Waals surface area contributed by atoms with Crippen molar-refractivity contribution < 1.29 is 72.1 Å². The summed E-state index contributed by atoms with van der Waals surface area (Å²) in [4.78, 5) is 153. The van der Waals surface area contributed by atoms with Crippen molar-refractivity contribution in [2.45, 2.75) is 212 Å². The van der Waals surface area contributed by atoms with Gasteiger partial charge in [-0.1, -0.05) is 118 Å². The molecular formula is C68H107N11O15S. The Hall–Kier alpha value is -7.36. The van der Waals surface area contributed by atoms with Gasteiger partial charge >= 0.3 is 12.1 Å². The summed E-state index contributed by atoms with van der Waals surface area (Å²) < 4.78 is 17.8. The molecule has 0 aliphatic carbocycles. The Kier molecular flexibility index (Phi) is 32.9. The van der Waals surface area contributed by atoms with Crippen LogP contribution in [0.3, 0.4) is 0 Å². The van der Waals surface area contributed by atoms with E-state index >= 15 is 0 Å². The van der Waals surface area contributed by atoms with Gasteiger partial charge in [0, 0.05) is 66.5 Å². The van der Waals surface area contributed by atoms with Gasteiger partial charge in [-0.2, -0.15) is 12.6 Å². The second-order valence-corrected chi connectivity index (χ2v) is 26.8. The summed E-state index contributed by atoms with van der Waals surface area (Å²) in [7, 11) is 6.08. The number of benzene rings is 2. The fraction of sp³-hybridized carbons (Fsp3) is 0.662. The predicted molar refractivity (Wildman–Crippen MR) is 362 cm³/mol. The molecule has 27 heteroatoms. The smallest absolute Gasteiger partial charge is 0.410 e. The van der Waals surface area contributed by atoms with Gasteiger partial charge in [-0.15, -0.1) is 0 Å². The molecule has 2 aliphatic heterocycles. The van der Waals surface area contributed by atoms with E-state index in [1.807, 2.05) is 32.0 Å². The number of likely N-dealkylation sites (tertiary alicyclic amines) is 2. The molecule has 95 heavy (non-hydrogen) atoms. The summed E-state index contributed by atoms with van der Waals surface area (Å²) >= 11 is 4.15. The van der Waals surface area contributed by atoms with Crippen LogP contribution in [-0.4, -0.2) is 198 Å². The van der Waals surface area contributed by atoms with Crippen LogP contribution in [0.2, 0.25) is 0 Å². The molecule has 0 bridgehead atoms. The number of hydrogen-bond donors (Lipinski definition) is 9. The minimum Gasteiger partial charge on any atom is -0.445 e. The van der Waals surface area contributed by atoms with Crippen LogP contribution in [0.1, 0.15) is 157 Å². The normalized spacial score (nSPS) is 18.3. The van der Waals surface area contributed by atoms with E-state index in [1.165, 1.54) is 31.1 Å². The lowest BCUT2D eigenvalue weighted by atomic mass is 9.89. The summed E-state index contributed by atoms with van der Waals surface area (Å²) in [6.45, 7) is 18.6. The van der Waals surface area contributed by atoms with Crippen molar-refractivity contribution in [3.05, 3.63) is 65.7 Å². The first kappa shape index (κ1) is 80.1. The molecule has 2 aliphatic rings. The van der Waals surface area contributed by atoms with Gasteiger partial charge in [-0.05, 0) is 92.4 Å². The molecule has 2 heterocycles. The highest BCUT2D eigenvalue weighted by Gasteiger charge is 2.44. The molecule has 13 atom stereocenters. The zero-order valence-electron chi connectivity index (χ0n) is 58.0. The number of aliphatic hydroxyl groups is 1. The van der Waals surface area contributed by atoms with Gasteiger partial charge < -0.3 is 66.8 Å². The van der Waals surface area contributed by atoms with Crippen LogP contribution in [0.4, 0.5) is 15.3 Å². The number of nitrogens with zero attached hydrogens (tertiary/aromatic N) is 4. The van der Waals surface area contributed by atoms with Crippen molar-refractivity contribution in [1.82, 2.24) is 46.2 Å². The lowest BCUT2D eigenvalue weighted by molar-refractivity contribution is -0.148. The number of carbonyl (C=O) groups excluding carboxylic acids is 11. The molecule has 0 spiro atoms. The van der Waals surface area contributed by atoms with Crippen LogP contribution < -0.4 is 37.6 Å². The summed E-state index contributed by atoms with van der Waals surface area (Å²) in [5, 5.41) is 27.0. The Morgan fingerprint density at radius 1 is 0.747 bits per heavy atom. The van der Waals surface area contributed by atoms with E-state index in [9.17, 15) is 57.8 Å². The molecule has 2 fully saturated rings. The fourth-order valence-corrected chi connectivity index (χ4v) is 12.6. The van der Waals surface area contributed by atoms with Crippen LogP contribution in [0.25, 0.3) is 0 Å². The van der Waals surface area contributed by atoms with Crippen molar-refractivity contribution in [2.24, 2.45) is 35.3 Å². The number of urea groups is 1. The molecule has 4 rings (SSSR count). The predicted octanol–water partition coefficient (Wildman–Crippen LogP) is 5.21. The molecule has 0 saturated carbocycles. The minimum absolute atomic E-state index is 0.0628. The van der Waals surface area contributed by atoms with Gasteiger partial charge in [-0.3, -0.25) is 53.0 Å². The zero-order chi connectivity index (χ0) is 71.0. The fourth-order valence-electron chi connectivity index (χ4n) is 12.3. The van der Waals surface area contributed by atoms with Crippen molar-refractivity contribution >= 4 is 83.6 Å². The van der Waals surface area contributed by atoms with Crippen molar-refractivity contribution in [3.8, 4) is 0 Å². The van der Waals surface area contributed by atoms with Gasteiger partial charge in [0.05, 0.1) is 54.0 Å². The van der Waals surface area contributed by atoms with Crippen LogP contribution in [-0.2, 0) is 64.0 Å². The number of anilines is 1. The van der Waals surface area contributed by atoms with Gasteiger partial charge in [-0.25, -0.2) is 9.59 Å². The van der Waals surface area contributed by atoms with E-state index in [2.05, 4.69) is 44.5 Å². The number of primary amides is 1. The van der Waals surface area contributed by atoms with Crippen LogP contribution in [0.5, 0.6) is 0 Å². The highest BCUT2D eigenvalue weighted by atomic mass is 32.1. The SMILES string of the molecule is CC[C@H](C)[C@@H]([C@@H](CC(=O)N1CCC[C@H]1C(OC)C(C)C(=O)NC(C)C(O)c1ccccc1)OC)N(C)C(=O)[C@@H](NC(=O)C(C(C)C)N(C)C(=O)OCc1ccc(NC(=O)[C@H](CCCNC(N)=O)NC(=O)C(NC(=O)CCCCCN2C(=O)CC(S)C2=O)C(C)C)cc1)C(C)C. The van der Waals surface area contributed by atoms with Crippen LogP contribution >= 0.6 is 12.6 Å². The molecule has 2 saturated heterocycles. The molecule has 2 aromatic carbocycles. The lowest BCUT2D eigenvalue weighted by Crippen LogP contribution is -2.60. The molecule has 7 unspecified atom stereocenters. The van der Waals surface area contributed by atoms with E-state index in [1.54, 1.807) is 109 Å². The second kappa shape index (κ2) is 39.0. The minimum atomic E-state index is -1.12. The second-order valence-electron chi connectivity index (χ2n) is 26.2. The van der Waals surface area contributed by atoms with Crippen molar-refractivity contribution in [1.29, 1.82) is 0 Å². The number of rotatable bonds is 38. The number of nitrogens with two attached hydrogens (primary N) is 1. The number of ether oxygens (including phenoxy) is 3. The standard InChI is InChI=1S/C68H107N11O15S/c1-15-42(8)58(50(92-13)36-53(81)78-35-23-27-49(78)60(93-14)43(9)61(84)71-44(10)59(83)46-24-18-16-19-25-46)76(11)66(89)56(40(4)5)75-64(87)57(41(6)7)77(12)68(91)94-38-45-29-31-47(32-30-45)72-62(85)48(26-22-33-70-67(69)90)73-63(86)55(39(2)3)74-52(80)28-20-17-21-34-79-54(82)37-51(95)65(79)88/h16,18-19,24-25,29-32,39-44,48-51,55-60,83,95H,15,17,20-23,26-28,33-38H2,1-14H3,(H,71,84)(H,72,85)(H,73,86)(H,74,80)(H,75,87)(H3,69,70,90)/t42-,43?,44?,48-,49-,50+,51?,55?,56-,57?,58-,59?,60?/m0/s1. The Morgan fingerprint density at radius 3 is 1.97 bits per heavy atom. The molecule has 26 nitrogen and oxygen atoms in total. The van der Waals surface area contributed by atoms with E-state index in [-0.39, 0.29) is 87.3 Å². The number of carbonyl (C=O) groups is 11. The number of likely N-dealkylation sites (N-methyl/N-ethyl adjacent to an activating group) is 2. The molecular weight excluding hydrogens is 1240 g/mol. The van der Waals surface area contributed by atoms with E-state index in [0.29, 0.717) is 61.9 Å². The largest absolute Gasteiger partial charge is 0.445 e. The number of imide groups is 1. The first-order valence-corrected chi connectivity index (χ1v) is 33.8. The maximum absolute atomic E-state index is 14.8. The molecule has 9 N–H and O–H groups in total. The molecule has 2 aromatic rings. The maximum atomic E-state index is 14.8. The third kappa shape index (κ3) is 23.5. The summed E-state index contributed by atoms with van der Waals surface area (Å²) in [5.74, 6) is -5.88. The third-order valence-corrected chi connectivity index (χ3v) is 18.4. The number of unbranched alkanes of at least 4 members (excludes halogenated alkanes) is 2. The number of hydrogen-bond acceptors (Lipinski definition) is 16. The highest BCUT2D eigenvalue weighted by Crippen LogP contribution is 2.31. The average Bonchev–Trinajstić information content (AvgIpc) is 1.78. The van der Waals surface area contributed by atoms with Crippen molar-refractivity contribution in [3.63, 3.8) is 0 Å². The van der Waals surface area contributed by atoms with Gasteiger partial charge in [0.25, 0.3) is 0 Å². The number of thiol groups is 1. The number of nitrogens with one attached hydrogen (secondary N) is 6. The Morgan fingerprint density at radius 2 is 1.40 bits per heavy atom. The Bertz CT molecular complexity index is 2890. The van der Waals surface area contributed by atoms with Crippen LogP contribution in [0.15, 0.2) is 54.6 Å². The maximum Gasteiger partial charge on any atom is 0.410 e. The number of aliphatic hydroxyl groups excluding tert-OH is 1.